The molecule has 1 amide bonds. The van der Waals surface area contributed by atoms with Gasteiger partial charge in [-0.1, -0.05) is 6.07 Å². The van der Waals surface area contributed by atoms with Gasteiger partial charge in [0.2, 0.25) is 5.91 Å². The lowest BCUT2D eigenvalue weighted by Gasteiger charge is -2.17. The Labute approximate surface area is 111 Å². The first-order valence-corrected chi connectivity index (χ1v) is 5.96. The van der Waals surface area contributed by atoms with Gasteiger partial charge >= 0.3 is 0 Å². The number of amides is 1. The van der Waals surface area contributed by atoms with E-state index in [2.05, 4.69) is 5.32 Å². The Morgan fingerprint density at radius 3 is 2.84 bits per heavy atom. The number of carbonyl (C=O) groups excluding carboxylic acids is 1. The zero-order valence-corrected chi connectivity index (χ0v) is 11.1. The van der Waals surface area contributed by atoms with Crippen LogP contribution in [0.1, 0.15) is 6.92 Å². The van der Waals surface area contributed by atoms with Crippen LogP contribution in [0.5, 0.6) is 5.75 Å². The van der Waals surface area contributed by atoms with Gasteiger partial charge in [0, 0.05) is 13.2 Å². The van der Waals surface area contributed by atoms with Crippen molar-refractivity contribution in [2.24, 2.45) is 5.73 Å². The van der Waals surface area contributed by atoms with Crippen LogP contribution < -0.4 is 15.8 Å². The maximum absolute atomic E-state index is 12.9. The quantitative estimate of drug-likeness (QED) is 0.764. The summed E-state index contributed by atoms with van der Waals surface area (Å²) < 4.78 is 23.1. The van der Waals surface area contributed by atoms with Gasteiger partial charge in [-0.25, -0.2) is 4.39 Å². The number of hydrogen-bond donors (Lipinski definition) is 2. The molecule has 6 heteroatoms. The van der Waals surface area contributed by atoms with Crippen LogP contribution in [0.3, 0.4) is 0 Å². The molecule has 0 aromatic heterocycles. The molecule has 0 aliphatic heterocycles. The van der Waals surface area contributed by atoms with Crippen molar-refractivity contribution < 1.29 is 18.7 Å². The van der Waals surface area contributed by atoms with Crippen LogP contribution in [0.15, 0.2) is 24.3 Å². The number of benzene rings is 1. The molecule has 1 aromatic carbocycles. The van der Waals surface area contributed by atoms with Gasteiger partial charge in [0.05, 0.1) is 12.6 Å². The number of nitrogens with two attached hydrogens (primary N) is 1. The fraction of sp³-hybridized carbons (Fsp3) is 0.462. The largest absolute Gasteiger partial charge is 0.491 e. The van der Waals surface area contributed by atoms with Crippen LogP contribution in [0.25, 0.3) is 0 Å². The van der Waals surface area contributed by atoms with E-state index in [9.17, 15) is 9.18 Å². The highest BCUT2D eigenvalue weighted by atomic mass is 19.1. The Morgan fingerprint density at radius 1 is 1.47 bits per heavy atom. The topological polar surface area (TPSA) is 73.6 Å². The summed E-state index contributed by atoms with van der Waals surface area (Å²) in [4.78, 5) is 11.6. The lowest BCUT2D eigenvalue weighted by molar-refractivity contribution is -0.124. The summed E-state index contributed by atoms with van der Waals surface area (Å²) in [7, 11) is 1.48. The Morgan fingerprint density at radius 2 is 2.21 bits per heavy atom. The van der Waals surface area contributed by atoms with Crippen molar-refractivity contribution in [3.63, 3.8) is 0 Å². The lowest BCUT2D eigenvalue weighted by atomic mass is 10.2. The number of ether oxygens (including phenoxy) is 2. The first-order chi connectivity index (χ1) is 9.02. The van der Waals surface area contributed by atoms with Gasteiger partial charge in [-0.2, -0.15) is 0 Å². The Bertz CT molecular complexity index is 415. The molecule has 0 fully saturated rings. The standard InChI is InChI=1S/C13H19FN2O3/c1-9(16-13(17)12(15)8-18-2)7-19-11-5-3-4-10(14)6-11/h3-6,9,12H,7-8,15H2,1-2H3,(H,16,17). The van der Waals surface area contributed by atoms with E-state index >= 15 is 0 Å². The Balaban J connectivity index is 2.35. The van der Waals surface area contributed by atoms with E-state index < -0.39 is 6.04 Å². The fourth-order valence-electron chi connectivity index (χ4n) is 1.42. The first-order valence-electron chi connectivity index (χ1n) is 5.96. The molecule has 5 nitrogen and oxygen atoms in total. The second-order valence-corrected chi connectivity index (χ2v) is 4.24. The van der Waals surface area contributed by atoms with Gasteiger partial charge in [-0.15, -0.1) is 0 Å². The molecule has 0 saturated heterocycles. The normalized spacial score (nSPS) is 13.7. The monoisotopic (exact) mass is 270 g/mol. The van der Waals surface area contributed by atoms with Crippen LogP contribution in [0.4, 0.5) is 4.39 Å². The molecule has 1 rings (SSSR count). The third-order valence-corrected chi connectivity index (χ3v) is 2.37. The minimum absolute atomic E-state index is 0.156. The molecule has 106 valence electrons. The van der Waals surface area contributed by atoms with Gasteiger partial charge in [-0.3, -0.25) is 4.79 Å². The molecule has 19 heavy (non-hydrogen) atoms. The number of hydrogen-bond acceptors (Lipinski definition) is 4. The van der Waals surface area contributed by atoms with Gasteiger partial charge in [0.15, 0.2) is 0 Å². The Hall–Kier alpha value is -1.66. The predicted octanol–water partition coefficient (Wildman–Crippen LogP) is 0.683. The average Bonchev–Trinajstić information content (AvgIpc) is 2.36. The molecule has 0 saturated carbocycles. The summed E-state index contributed by atoms with van der Waals surface area (Å²) in [5.41, 5.74) is 5.58. The van der Waals surface area contributed by atoms with Crippen LogP contribution in [0.2, 0.25) is 0 Å². The molecule has 0 aliphatic rings. The van der Waals surface area contributed by atoms with Crippen molar-refractivity contribution in [3.05, 3.63) is 30.1 Å². The van der Waals surface area contributed by atoms with Crippen LogP contribution in [-0.4, -0.2) is 38.3 Å². The molecule has 0 heterocycles. The fourth-order valence-corrected chi connectivity index (χ4v) is 1.42. The van der Waals surface area contributed by atoms with Crippen molar-refractivity contribution in [1.82, 2.24) is 5.32 Å². The third kappa shape index (κ3) is 5.67. The van der Waals surface area contributed by atoms with Crippen molar-refractivity contribution in [2.75, 3.05) is 20.3 Å². The summed E-state index contributed by atoms with van der Waals surface area (Å²) in [5, 5.41) is 2.69. The SMILES string of the molecule is COCC(N)C(=O)NC(C)COc1cccc(F)c1. The zero-order chi connectivity index (χ0) is 14.3. The summed E-state index contributed by atoms with van der Waals surface area (Å²) >= 11 is 0. The van der Waals surface area contributed by atoms with E-state index in [0.29, 0.717) is 5.75 Å². The maximum atomic E-state index is 12.9. The van der Waals surface area contributed by atoms with E-state index in [0.717, 1.165) is 0 Å². The first kappa shape index (κ1) is 15.4. The minimum atomic E-state index is -0.707. The molecule has 0 spiro atoms. The molecule has 2 unspecified atom stereocenters. The zero-order valence-electron chi connectivity index (χ0n) is 11.1. The van der Waals surface area contributed by atoms with Crippen molar-refractivity contribution in [3.8, 4) is 5.75 Å². The van der Waals surface area contributed by atoms with Gasteiger partial charge < -0.3 is 20.5 Å². The molecule has 0 radical (unpaired) electrons. The van der Waals surface area contributed by atoms with Gasteiger partial charge in [0.1, 0.15) is 24.2 Å². The average molecular weight is 270 g/mol. The minimum Gasteiger partial charge on any atom is -0.491 e. The van der Waals surface area contributed by atoms with Crippen LogP contribution in [-0.2, 0) is 9.53 Å². The van der Waals surface area contributed by atoms with E-state index in [1.54, 1.807) is 19.1 Å². The van der Waals surface area contributed by atoms with Crippen LogP contribution >= 0.6 is 0 Å². The Kier molecular flexibility index (Phi) is 6.24. The summed E-state index contributed by atoms with van der Waals surface area (Å²) in [6, 6.07) is 4.88. The van der Waals surface area contributed by atoms with E-state index in [-0.39, 0.29) is 31.0 Å². The molecule has 2 atom stereocenters. The lowest BCUT2D eigenvalue weighted by Crippen LogP contribution is -2.48. The summed E-state index contributed by atoms with van der Waals surface area (Å²) in [6.07, 6.45) is 0. The van der Waals surface area contributed by atoms with Gasteiger partial charge in [-0.05, 0) is 19.1 Å². The van der Waals surface area contributed by atoms with Crippen molar-refractivity contribution in [1.29, 1.82) is 0 Å². The molecule has 0 bridgehead atoms. The second-order valence-electron chi connectivity index (χ2n) is 4.24. The number of methoxy groups -OCH3 is 1. The third-order valence-electron chi connectivity index (χ3n) is 2.37. The molecule has 1 aromatic rings. The molecule has 3 N–H and O–H groups in total. The van der Waals surface area contributed by atoms with E-state index in [1.165, 1.54) is 19.2 Å². The second kappa shape index (κ2) is 7.70. The number of rotatable bonds is 7. The van der Waals surface area contributed by atoms with Crippen molar-refractivity contribution in [2.45, 2.75) is 19.0 Å². The predicted molar refractivity (Wildman–Crippen MR) is 69.4 cm³/mol. The number of nitrogens with one attached hydrogen (secondary N) is 1. The van der Waals surface area contributed by atoms with E-state index in [1.807, 2.05) is 0 Å². The number of halogens is 1. The summed E-state index contributed by atoms with van der Waals surface area (Å²) in [6.45, 7) is 2.16. The molecule has 0 aliphatic carbocycles. The van der Waals surface area contributed by atoms with Crippen LogP contribution in [0, 0.1) is 5.82 Å². The number of carbonyl (C=O) groups is 1. The summed E-state index contributed by atoms with van der Waals surface area (Å²) in [5.74, 6) is -0.254. The van der Waals surface area contributed by atoms with Crippen molar-refractivity contribution >= 4 is 5.91 Å². The molecular weight excluding hydrogens is 251 g/mol. The molecular formula is C13H19FN2O3. The van der Waals surface area contributed by atoms with E-state index in [4.69, 9.17) is 15.2 Å². The highest BCUT2D eigenvalue weighted by molar-refractivity contribution is 5.81. The maximum Gasteiger partial charge on any atom is 0.239 e. The highest BCUT2D eigenvalue weighted by Gasteiger charge is 2.15. The smallest absolute Gasteiger partial charge is 0.239 e. The highest BCUT2D eigenvalue weighted by Crippen LogP contribution is 2.11. The van der Waals surface area contributed by atoms with Gasteiger partial charge in [0.25, 0.3) is 0 Å².